The van der Waals surface area contributed by atoms with Gasteiger partial charge in [0.25, 0.3) is 0 Å². The molecule has 2 aliphatic rings. The highest BCUT2D eigenvalue weighted by Crippen LogP contribution is 2.57. The summed E-state index contributed by atoms with van der Waals surface area (Å²) in [5.41, 5.74) is 12.1. The summed E-state index contributed by atoms with van der Waals surface area (Å²) >= 11 is 0. The van der Waals surface area contributed by atoms with E-state index in [1.54, 1.807) is 6.07 Å². The molecule has 1 amide bonds. The second-order valence-corrected chi connectivity index (χ2v) is 7.24. The van der Waals surface area contributed by atoms with Gasteiger partial charge in [0.1, 0.15) is 0 Å². The average molecular weight is 306 g/mol. The predicted molar refractivity (Wildman–Crippen MR) is 88.2 cm³/mol. The van der Waals surface area contributed by atoms with Crippen LogP contribution in [0.3, 0.4) is 0 Å². The Morgan fingerprint density at radius 1 is 1.35 bits per heavy atom. The van der Waals surface area contributed by atoms with Gasteiger partial charge >= 0.3 is 0 Å². The summed E-state index contributed by atoms with van der Waals surface area (Å²) < 4.78 is 0. The Balaban J connectivity index is 1.84. The van der Waals surface area contributed by atoms with E-state index in [0.717, 1.165) is 34.6 Å². The number of nitrogens with zero attached hydrogens (tertiary/aromatic N) is 1. The second kappa shape index (κ2) is 4.04. The molecule has 3 aromatic rings. The number of hydrogen-bond donors (Lipinski definition) is 3. The number of nitrogens with two attached hydrogens (primary N) is 1. The molecule has 0 aliphatic heterocycles. The highest BCUT2D eigenvalue weighted by atomic mass is 16.1. The molecule has 4 N–H and O–H groups in total. The molecule has 2 aromatic heterocycles. The van der Waals surface area contributed by atoms with E-state index in [0.29, 0.717) is 5.56 Å². The van der Waals surface area contributed by atoms with Gasteiger partial charge in [0.05, 0.1) is 17.6 Å². The number of nitrogens with one attached hydrogen (secondary N) is 2. The normalized spacial score (nSPS) is 25.2. The highest BCUT2D eigenvalue weighted by Gasteiger charge is 2.49. The maximum absolute atomic E-state index is 11.6. The van der Waals surface area contributed by atoms with Gasteiger partial charge in [0.15, 0.2) is 0 Å². The molecule has 2 aliphatic carbocycles. The Labute approximate surface area is 133 Å². The molecular weight excluding hydrogens is 288 g/mol. The van der Waals surface area contributed by atoms with Crippen LogP contribution in [-0.4, -0.2) is 21.1 Å². The quantitative estimate of drug-likeness (QED) is 0.645. The van der Waals surface area contributed by atoms with E-state index in [-0.39, 0.29) is 11.3 Å². The Kier molecular flexibility index (Phi) is 2.27. The van der Waals surface area contributed by atoms with Crippen molar-refractivity contribution in [2.45, 2.75) is 31.6 Å². The molecule has 0 atom stereocenters. The third kappa shape index (κ3) is 1.57. The van der Waals surface area contributed by atoms with Crippen LogP contribution in [0.4, 0.5) is 0 Å². The van der Waals surface area contributed by atoms with Gasteiger partial charge in [-0.15, -0.1) is 0 Å². The summed E-state index contributed by atoms with van der Waals surface area (Å²) in [5.74, 6) is 0.358. The number of benzene rings is 1. The molecule has 0 saturated heterocycles. The molecular formula is C18H18N4O. The maximum Gasteiger partial charge on any atom is 0.248 e. The summed E-state index contributed by atoms with van der Waals surface area (Å²) in [7, 11) is 0. The van der Waals surface area contributed by atoms with E-state index in [9.17, 15) is 4.79 Å². The first-order valence-corrected chi connectivity index (χ1v) is 8.06. The molecule has 5 heteroatoms. The maximum atomic E-state index is 11.6. The highest BCUT2D eigenvalue weighted by molar-refractivity contribution is 6.00. The third-order valence-electron chi connectivity index (χ3n) is 5.59. The first-order valence-electron chi connectivity index (χ1n) is 8.06. The number of aromatic amines is 2. The van der Waals surface area contributed by atoms with Crippen molar-refractivity contribution in [2.75, 3.05) is 0 Å². The summed E-state index contributed by atoms with van der Waals surface area (Å²) in [5, 5.41) is 8.51. The Bertz CT molecular complexity index is 959. The zero-order valence-corrected chi connectivity index (χ0v) is 12.9. The number of hydrogen-bond acceptors (Lipinski definition) is 2. The number of rotatable bonds is 1. The van der Waals surface area contributed by atoms with Gasteiger partial charge in [0.2, 0.25) is 5.91 Å². The van der Waals surface area contributed by atoms with Gasteiger partial charge in [0, 0.05) is 27.4 Å². The second-order valence-electron chi connectivity index (χ2n) is 7.24. The Morgan fingerprint density at radius 3 is 2.91 bits per heavy atom. The van der Waals surface area contributed by atoms with E-state index < -0.39 is 0 Å². The van der Waals surface area contributed by atoms with Crippen LogP contribution in [0.25, 0.3) is 22.3 Å². The Morgan fingerprint density at radius 2 is 2.17 bits per heavy atom. The van der Waals surface area contributed by atoms with E-state index in [1.807, 2.05) is 18.3 Å². The van der Waals surface area contributed by atoms with Gasteiger partial charge in [-0.3, -0.25) is 9.89 Å². The van der Waals surface area contributed by atoms with Crippen molar-refractivity contribution in [1.29, 1.82) is 0 Å². The fourth-order valence-corrected chi connectivity index (χ4v) is 4.82. The molecule has 1 aromatic carbocycles. The number of fused-ring (bicyclic) bond motifs is 6. The van der Waals surface area contributed by atoms with E-state index in [4.69, 9.17) is 5.73 Å². The predicted octanol–water partition coefficient (Wildman–Crippen LogP) is 2.88. The molecule has 116 valence electrons. The molecule has 2 heterocycles. The van der Waals surface area contributed by atoms with Gasteiger partial charge < -0.3 is 10.7 Å². The summed E-state index contributed by atoms with van der Waals surface area (Å²) in [6.07, 6.45) is 5.32. The number of carbonyl (C=O) groups excluding carboxylic acids is 1. The molecule has 0 unspecified atom stereocenters. The van der Waals surface area contributed by atoms with Crippen LogP contribution in [-0.2, 0) is 11.8 Å². The van der Waals surface area contributed by atoms with Crippen LogP contribution >= 0.6 is 0 Å². The van der Waals surface area contributed by atoms with Crippen molar-refractivity contribution in [3.63, 3.8) is 0 Å². The largest absolute Gasteiger partial charge is 0.366 e. The van der Waals surface area contributed by atoms with Gasteiger partial charge in [-0.25, -0.2) is 0 Å². The third-order valence-corrected chi connectivity index (χ3v) is 5.59. The fraction of sp³-hybridized carbons (Fsp3) is 0.333. The lowest BCUT2D eigenvalue weighted by atomic mass is 9.54. The fourth-order valence-electron chi connectivity index (χ4n) is 4.82. The number of amides is 1. The molecule has 1 fully saturated rings. The molecule has 5 nitrogen and oxygen atoms in total. The van der Waals surface area contributed by atoms with Crippen LogP contribution < -0.4 is 5.73 Å². The van der Waals surface area contributed by atoms with Crippen molar-refractivity contribution in [3.05, 3.63) is 41.1 Å². The van der Waals surface area contributed by atoms with Crippen molar-refractivity contribution in [2.24, 2.45) is 11.7 Å². The molecule has 0 radical (unpaired) electrons. The van der Waals surface area contributed by atoms with Crippen molar-refractivity contribution in [1.82, 2.24) is 15.2 Å². The SMILES string of the molecule is CC1CC2(Cc3cn[nH]c3-c3[nH]c4ccc(C(N)=O)cc4c32)C1. The van der Waals surface area contributed by atoms with Crippen LogP contribution in [0, 0.1) is 5.92 Å². The summed E-state index contributed by atoms with van der Waals surface area (Å²) in [6.45, 7) is 2.31. The monoisotopic (exact) mass is 306 g/mol. The molecule has 0 bridgehead atoms. The summed E-state index contributed by atoms with van der Waals surface area (Å²) in [6, 6.07) is 5.69. The summed E-state index contributed by atoms with van der Waals surface area (Å²) in [4.78, 5) is 15.1. The van der Waals surface area contributed by atoms with Crippen molar-refractivity contribution >= 4 is 16.8 Å². The van der Waals surface area contributed by atoms with E-state index in [1.165, 1.54) is 24.0 Å². The lowest BCUT2D eigenvalue weighted by Gasteiger charge is -2.49. The minimum absolute atomic E-state index is 0.167. The topological polar surface area (TPSA) is 87.6 Å². The smallest absolute Gasteiger partial charge is 0.248 e. The number of carbonyl (C=O) groups is 1. The lowest BCUT2D eigenvalue weighted by Crippen LogP contribution is -2.43. The zero-order chi connectivity index (χ0) is 15.8. The van der Waals surface area contributed by atoms with Crippen LogP contribution in [0.1, 0.15) is 41.3 Å². The van der Waals surface area contributed by atoms with Gasteiger partial charge in [-0.1, -0.05) is 6.92 Å². The molecule has 1 saturated carbocycles. The molecule has 23 heavy (non-hydrogen) atoms. The van der Waals surface area contributed by atoms with E-state index >= 15 is 0 Å². The first-order chi connectivity index (χ1) is 11.1. The van der Waals surface area contributed by atoms with Gasteiger partial charge in [-0.05, 0) is 48.9 Å². The number of aromatic nitrogens is 3. The van der Waals surface area contributed by atoms with Crippen LogP contribution in [0.5, 0.6) is 0 Å². The number of primary amides is 1. The minimum atomic E-state index is -0.379. The minimum Gasteiger partial charge on any atom is -0.366 e. The van der Waals surface area contributed by atoms with Crippen LogP contribution in [0.2, 0.25) is 0 Å². The van der Waals surface area contributed by atoms with E-state index in [2.05, 4.69) is 22.1 Å². The van der Waals surface area contributed by atoms with Crippen molar-refractivity contribution < 1.29 is 4.79 Å². The average Bonchev–Trinajstić information content (AvgIpc) is 3.08. The first kappa shape index (κ1) is 12.9. The number of H-pyrrole nitrogens is 2. The van der Waals surface area contributed by atoms with Crippen molar-refractivity contribution in [3.8, 4) is 11.4 Å². The molecule has 1 spiro atoms. The standard InChI is InChI=1S/C18H18N4O/c1-9-5-18(6-9)7-11-8-20-22-15(11)16-14(18)12-4-10(17(19)23)2-3-13(12)21-16/h2-4,8-9,21H,5-7H2,1H3,(H2,19,23)(H,20,22). The lowest BCUT2D eigenvalue weighted by molar-refractivity contribution is 0.100. The zero-order valence-electron chi connectivity index (χ0n) is 12.9. The molecule has 5 rings (SSSR count). The van der Waals surface area contributed by atoms with Gasteiger partial charge in [-0.2, -0.15) is 5.10 Å². The van der Waals surface area contributed by atoms with Crippen LogP contribution in [0.15, 0.2) is 24.4 Å². The Hall–Kier alpha value is -2.56.